The zero-order valence-corrected chi connectivity index (χ0v) is 9.91. The van der Waals surface area contributed by atoms with Crippen molar-refractivity contribution in [1.29, 1.82) is 0 Å². The quantitative estimate of drug-likeness (QED) is 0.691. The summed E-state index contributed by atoms with van der Waals surface area (Å²) in [6.45, 7) is 7.38. The van der Waals surface area contributed by atoms with E-state index in [-0.39, 0.29) is 11.9 Å². The van der Waals surface area contributed by atoms with Gasteiger partial charge in [-0.3, -0.25) is 9.69 Å². The van der Waals surface area contributed by atoms with Gasteiger partial charge in [-0.15, -0.1) is 0 Å². The maximum Gasteiger partial charge on any atom is 0.244 e. The zero-order chi connectivity index (χ0) is 11.6. The Morgan fingerprint density at radius 2 is 2.00 bits per heavy atom. The Hall–Kier alpha value is -0.870. The van der Waals surface area contributed by atoms with Crippen LogP contribution in [0.1, 0.15) is 20.8 Å². The van der Waals surface area contributed by atoms with E-state index >= 15 is 0 Å². The van der Waals surface area contributed by atoms with Crippen LogP contribution in [0.15, 0.2) is 11.1 Å². The van der Waals surface area contributed by atoms with Crippen LogP contribution in [0.25, 0.3) is 0 Å². The minimum Gasteiger partial charge on any atom is -0.378 e. The van der Waals surface area contributed by atoms with Gasteiger partial charge in [0.1, 0.15) is 0 Å². The average Bonchev–Trinajstić information content (AvgIpc) is 2.11. The molecule has 1 aliphatic heterocycles. The molecule has 1 unspecified atom stereocenters. The van der Waals surface area contributed by atoms with E-state index in [1.54, 1.807) is 6.92 Å². The topological polar surface area (TPSA) is 55.6 Å². The number of likely N-dealkylation sites (N-methyl/N-ethyl adjacent to an activating group) is 1. The van der Waals surface area contributed by atoms with Crippen LogP contribution in [0.3, 0.4) is 0 Å². The van der Waals surface area contributed by atoms with Crippen LogP contribution in [-0.2, 0) is 9.53 Å². The highest BCUT2D eigenvalue weighted by Gasteiger charge is 2.27. The number of ether oxygens (including phenoxy) is 1. The Labute approximate surface area is 91.1 Å². The molecule has 0 aliphatic carbocycles. The van der Waals surface area contributed by atoms with Crippen LogP contribution in [0.4, 0.5) is 0 Å². The fraction of sp³-hybridized carbons (Fsp3) is 0.727. The molecule has 15 heavy (non-hydrogen) atoms. The number of hydrogen-bond donors (Lipinski definition) is 1. The first-order valence-corrected chi connectivity index (χ1v) is 5.22. The summed E-state index contributed by atoms with van der Waals surface area (Å²) in [5.41, 5.74) is 6.96. The molecule has 86 valence electrons. The molecule has 0 radical (unpaired) electrons. The molecule has 1 amide bonds. The normalized spacial score (nSPS) is 20.9. The smallest absolute Gasteiger partial charge is 0.244 e. The van der Waals surface area contributed by atoms with E-state index in [0.717, 1.165) is 18.8 Å². The van der Waals surface area contributed by atoms with Crippen LogP contribution in [0.2, 0.25) is 0 Å². The average molecular weight is 212 g/mol. The number of carbonyl (C=O) groups is 1. The van der Waals surface area contributed by atoms with E-state index in [1.807, 2.05) is 6.92 Å². The first-order valence-electron chi connectivity index (χ1n) is 5.22. The van der Waals surface area contributed by atoms with Crippen molar-refractivity contribution in [3.05, 3.63) is 11.1 Å². The molecule has 1 atom stereocenters. The van der Waals surface area contributed by atoms with Crippen molar-refractivity contribution in [2.75, 3.05) is 20.3 Å². The van der Waals surface area contributed by atoms with Gasteiger partial charge in [-0.1, -0.05) is 0 Å². The summed E-state index contributed by atoms with van der Waals surface area (Å²) in [5, 5.41) is 0. The van der Waals surface area contributed by atoms with E-state index in [4.69, 9.17) is 10.5 Å². The summed E-state index contributed by atoms with van der Waals surface area (Å²) in [5.74, 6) is -0.336. The Bertz CT molecular complexity index is 282. The highest BCUT2D eigenvalue weighted by Crippen LogP contribution is 2.18. The first kappa shape index (κ1) is 12.2. The molecule has 4 nitrogen and oxygen atoms in total. The zero-order valence-electron chi connectivity index (χ0n) is 9.91. The van der Waals surface area contributed by atoms with Crippen LogP contribution in [0, 0.1) is 0 Å². The second-order valence-electron chi connectivity index (χ2n) is 4.20. The van der Waals surface area contributed by atoms with Crippen LogP contribution in [0.5, 0.6) is 0 Å². The molecule has 2 N–H and O–H groups in total. The maximum atomic E-state index is 11.0. The number of primary amides is 1. The van der Waals surface area contributed by atoms with Crippen molar-refractivity contribution in [3.8, 4) is 0 Å². The highest BCUT2D eigenvalue weighted by atomic mass is 16.5. The lowest BCUT2D eigenvalue weighted by Crippen LogP contribution is -2.51. The summed E-state index contributed by atoms with van der Waals surface area (Å²) in [6, 6.07) is 0.696. The van der Waals surface area contributed by atoms with Gasteiger partial charge in [-0.05, 0) is 33.4 Å². The van der Waals surface area contributed by atoms with E-state index in [0.29, 0.717) is 11.6 Å². The molecular weight excluding hydrogens is 192 g/mol. The van der Waals surface area contributed by atoms with Gasteiger partial charge in [0.05, 0.1) is 19.3 Å². The van der Waals surface area contributed by atoms with Gasteiger partial charge in [-0.2, -0.15) is 0 Å². The van der Waals surface area contributed by atoms with Crippen molar-refractivity contribution in [2.45, 2.75) is 32.9 Å². The highest BCUT2D eigenvalue weighted by molar-refractivity contribution is 5.92. The van der Waals surface area contributed by atoms with E-state index in [2.05, 4.69) is 18.9 Å². The van der Waals surface area contributed by atoms with Crippen LogP contribution in [-0.4, -0.2) is 43.2 Å². The minimum atomic E-state index is -0.336. The van der Waals surface area contributed by atoms with Crippen molar-refractivity contribution in [2.24, 2.45) is 5.73 Å². The fourth-order valence-corrected chi connectivity index (χ4v) is 1.59. The number of rotatable bonds is 4. The summed E-state index contributed by atoms with van der Waals surface area (Å²) in [4.78, 5) is 13.3. The summed E-state index contributed by atoms with van der Waals surface area (Å²) in [7, 11) is 2.05. The van der Waals surface area contributed by atoms with Crippen LogP contribution < -0.4 is 5.73 Å². The largest absolute Gasteiger partial charge is 0.378 e. The van der Waals surface area contributed by atoms with Gasteiger partial charge in [-0.25, -0.2) is 0 Å². The molecular formula is C11H20N2O2. The van der Waals surface area contributed by atoms with E-state index in [1.165, 1.54) is 0 Å². The SMILES string of the molecule is C/C(C(N)=O)=C(/C)C(C)N(C)C1COC1. The number of nitrogens with two attached hydrogens (primary N) is 1. The molecule has 1 aliphatic rings. The number of nitrogens with zero attached hydrogens (tertiary/aromatic N) is 1. The second kappa shape index (κ2) is 4.77. The summed E-state index contributed by atoms with van der Waals surface area (Å²) < 4.78 is 5.14. The van der Waals surface area contributed by atoms with E-state index in [9.17, 15) is 4.79 Å². The Morgan fingerprint density at radius 3 is 2.33 bits per heavy atom. The minimum absolute atomic E-state index is 0.228. The Kier molecular flexibility index (Phi) is 3.88. The predicted molar refractivity (Wildman–Crippen MR) is 59.4 cm³/mol. The molecule has 0 aromatic heterocycles. The second-order valence-corrected chi connectivity index (χ2v) is 4.20. The van der Waals surface area contributed by atoms with Crippen LogP contribution >= 0.6 is 0 Å². The number of amides is 1. The third-order valence-corrected chi connectivity index (χ3v) is 3.40. The standard InChI is InChI=1S/C11H20N2O2/c1-7(8(2)11(12)14)9(3)13(4)10-5-15-6-10/h9-10H,5-6H2,1-4H3,(H2,12,14)/b8-7+. The third kappa shape index (κ3) is 2.58. The molecule has 0 aromatic rings. The fourth-order valence-electron chi connectivity index (χ4n) is 1.59. The van der Waals surface area contributed by atoms with Gasteiger partial charge in [0.25, 0.3) is 0 Å². The molecule has 0 bridgehead atoms. The Morgan fingerprint density at radius 1 is 1.47 bits per heavy atom. The molecule has 0 spiro atoms. The number of carbonyl (C=O) groups excluding carboxylic acids is 1. The molecule has 1 rings (SSSR count). The molecule has 4 heteroatoms. The van der Waals surface area contributed by atoms with Gasteiger partial charge in [0.2, 0.25) is 5.91 Å². The summed E-state index contributed by atoms with van der Waals surface area (Å²) in [6.07, 6.45) is 0. The lowest BCUT2D eigenvalue weighted by Gasteiger charge is -2.39. The molecule has 1 heterocycles. The van der Waals surface area contributed by atoms with Gasteiger partial charge in [0.15, 0.2) is 0 Å². The van der Waals surface area contributed by atoms with Crippen molar-refractivity contribution in [1.82, 2.24) is 4.90 Å². The van der Waals surface area contributed by atoms with E-state index < -0.39 is 0 Å². The monoisotopic (exact) mass is 212 g/mol. The van der Waals surface area contributed by atoms with Gasteiger partial charge in [0, 0.05) is 11.6 Å². The lowest BCUT2D eigenvalue weighted by atomic mass is 10.0. The first-order chi connectivity index (χ1) is 6.95. The van der Waals surface area contributed by atoms with Crippen molar-refractivity contribution >= 4 is 5.91 Å². The predicted octanol–water partition coefficient (Wildman–Crippen LogP) is 0.527. The molecule has 1 saturated heterocycles. The van der Waals surface area contributed by atoms with Crippen molar-refractivity contribution in [3.63, 3.8) is 0 Å². The Balaban J connectivity index is 2.69. The van der Waals surface area contributed by atoms with Crippen molar-refractivity contribution < 1.29 is 9.53 Å². The molecule has 0 aromatic carbocycles. The molecule has 0 saturated carbocycles. The van der Waals surface area contributed by atoms with Gasteiger partial charge >= 0.3 is 0 Å². The maximum absolute atomic E-state index is 11.0. The molecule has 1 fully saturated rings. The third-order valence-electron chi connectivity index (χ3n) is 3.40. The summed E-state index contributed by atoms with van der Waals surface area (Å²) >= 11 is 0. The van der Waals surface area contributed by atoms with Gasteiger partial charge < -0.3 is 10.5 Å². The number of hydrogen-bond acceptors (Lipinski definition) is 3. The lowest BCUT2D eigenvalue weighted by molar-refractivity contribution is -0.114.